The van der Waals surface area contributed by atoms with Crippen LogP contribution in [0, 0.1) is 11.3 Å². The first-order chi connectivity index (χ1) is 9.26. The molecule has 0 atom stereocenters. The third-order valence-electron chi connectivity index (χ3n) is 2.47. The van der Waals surface area contributed by atoms with Crippen LogP contribution in [0.25, 0.3) is 0 Å². The number of nitriles is 1. The Hall–Kier alpha value is -2.06. The molecule has 0 aromatic heterocycles. The van der Waals surface area contributed by atoms with Gasteiger partial charge in [-0.25, -0.2) is 0 Å². The van der Waals surface area contributed by atoms with Gasteiger partial charge in [0.1, 0.15) is 12.2 Å². The van der Waals surface area contributed by atoms with E-state index in [0.29, 0.717) is 6.54 Å². The molecule has 5 nitrogen and oxygen atoms in total. The highest BCUT2D eigenvalue weighted by atomic mass is 16.7. The Morgan fingerprint density at radius 3 is 2.74 bits per heavy atom. The summed E-state index contributed by atoms with van der Waals surface area (Å²) in [6.45, 7) is 0.826. The van der Waals surface area contributed by atoms with E-state index in [1.165, 1.54) is 5.56 Å². The van der Waals surface area contributed by atoms with Crippen LogP contribution in [0.1, 0.15) is 18.4 Å². The Bertz CT molecular complexity index is 423. The first-order valence-corrected chi connectivity index (χ1v) is 6.10. The lowest BCUT2D eigenvalue weighted by Gasteiger charge is -2.06. The molecule has 0 aliphatic heterocycles. The zero-order valence-electron chi connectivity index (χ0n) is 11.0. The number of benzene rings is 1. The maximum Gasteiger partial charge on any atom is 0.234 e. The largest absolute Gasteiger partial charge is 0.468 e. The molecule has 0 unspecified atom stereocenters. The van der Waals surface area contributed by atoms with E-state index in [4.69, 9.17) is 14.7 Å². The smallest absolute Gasteiger partial charge is 0.234 e. The Morgan fingerprint density at radius 1 is 1.37 bits per heavy atom. The van der Waals surface area contributed by atoms with Crippen molar-refractivity contribution in [1.82, 2.24) is 5.32 Å². The van der Waals surface area contributed by atoms with Crippen LogP contribution in [0.5, 0.6) is 5.75 Å². The van der Waals surface area contributed by atoms with E-state index in [0.717, 1.165) is 18.6 Å². The van der Waals surface area contributed by atoms with E-state index in [1.807, 2.05) is 30.3 Å². The van der Waals surface area contributed by atoms with E-state index in [9.17, 15) is 4.79 Å². The van der Waals surface area contributed by atoms with Crippen molar-refractivity contribution >= 4 is 5.91 Å². The second-order valence-corrected chi connectivity index (χ2v) is 3.98. The number of hydrogen-bond donors (Lipinski definition) is 1. The highest BCUT2D eigenvalue weighted by molar-refractivity contribution is 5.77. The van der Waals surface area contributed by atoms with Gasteiger partial charge in [-0.05, 0) is 30.5 Å². The second-order valence-electron chi connectivity index (χ2n) is 3.98. The van der Waals surface area contributed by atoms with Gasteiger partial charge in [0.05, 0.1) is 6.07 Å². The molecule has 0 radical (unpaired) electrons. The lowest BCUT2D eigenvalue weighted by atomic mass is 10.1. The summed E-state index contributed by atoms with van der Waals surface area (Å²) in [5.74, 6) is 0.554. The summed E-state index contributed by atoms with van der Waals surface area (Å²) in [4.78, 5) is 11.0. The first kappa shape index (κ1) is 15.0. The van der Waals surface area contributed by atoms with E-state index in [2.05, 4.69) is 5.32 Å². The molecule has 102 valence electrons. The Kier molecular flexibility index (Phi) is 7.06. The summed E-state index contributed by atoms with van der Waals surface area (Å²) in [7, 11) is 1.58. The van der Waals surface area contributed by atoms with Gasteiger partial charge in [0.15, 0.2) is 6.79 Å². The SMILES string of the molecule is COCOc1ccc(CCCNC(=O)CC#N)cc1. The minimum atomic E-state index is -0.217. The fourth-order valence-electron chi connectivity index (χ4n) is 1.53. The zero-order valence-corrected chi connectivity index (χ0v) is 11.0. The van der Waals surface area contributed by atoms with Crippen molar-refractivity contribution in [2.45, 2.75) is 19.3 Å². The number of carbonyl (C=O) groups is 1. The van der Waals surface area contributed by atoms with Crippen LogP contribution in [-0.2, 0) is 16.0 Å². The minimum Gasteiger partial charge on any atom is -0.468 e. The molecule has 0 bridgehead atoms. The number of hydrogen-bond acceptors (Lipinski definition) is 4. The van der Waals surface area contributed by atoms with E-state index < -0.39 is 0 Å². The quantitative estimate of drug-likeness (QED) is 0.571. The summed E-state index contributed by atoms with van der Waals surface area (Å²) < 4.78 is 10.1. The third kappa shape index (κ3) is 6.43. The fourth-order valence-corrected chi connectivity index (χ4v) is 1.53. The van der Waals surface area contributed by atoms with Crippen LogP contribution in [0.4, 0.5) is 0 Å². The predicted molar refractivity (Wildman–Crippen MR) is 70.5 cm³/mol. The summed E-state index contributed by atoms with van der Waals surface area (Å²) in [6.07, 6.45) is 1.64. The predicted octanol–water partition coefficient (Wildman–Crippen LogP) is 1.63. The topological polar surface area (TPSA) is 71.3 Å². The summed E-state index contributed by atoms with van der Waals surface area (Å²) in [6, 6.07) is 9.57. The molecule has 1 aromatic carbocycles. The number of methoxy groups -OCH3 is 1. The average molecular weight is 262 g/mol. The lowest BCUT2D eigenvalue weighted by molar-refractivity contribution is -0.120. The van der Waals surface area contributed by atoms with Gasteiger partial charge >= 0.3 is 0 Å². The summed E-state index contributed by atoms with van der Waals surface area (Å²) >= 11 is 0. The molecule has 1 N–H and O–H groups in total. The van der Waals surface area contributed by atoms with Gasteiger partial charge in [0.2, 0.25) is 5.91 Å². The van der Waals surface area contributed by atoms with Crippen LogP contribution >= 0.6 is 0 Å². The molecule has 0 fully saturated rings. The molecule has 0 heterocycles. The Balaban J connectivity index is 2.23. The van der Waals surface area contributed by atoms with Gasteiger partial charge in [0, 0.05) is 13.7 Å². The number of aryl methyl sites for hydroxylation is 1. The minimum absolute atomic E-state index is 0.0778. The van der Waals surface area contributed by atoms with Crippen molar-refractivity contribution in [2.24, 2.45) is 0 Å². The van der Waals surface area contributed by atoms with Crippen molar-refractivity contribution < 1.29 is 14.3 Å². The standard InChI is InChI=1S/C14H18N2O3/c1-18-11-19-13-6-4-12(5-7-13)3-2-10-16-14(17)8-9-15/h4-7H,2-3,8,10-11H2,1H3,(H,16,17). The molecular weight excluding hydrogens is 244 g/mol. The molecule has 1 rings (SSSR count). The second kappa shape index (κ2) is 8.95. The number of carbonyl (C=O) groups excluding carboxylic acids is 1. The molecule has 0 saturated heterocycles. The maximum absolute atomic E-state index is 11.0. The number of ether oxygens (including phenoxy) is 2. The Labute approximate surface area is 113 Å². The summed E-state index contributed by atoms with van der Waals surface area (Å²) in [5.41, 5.74) is 1.18. The number of amides is 1. The summed E-state index contributed by atoms with van der Waals surface area (Å²) in [5, 5.41) is 11.0. The third-order valence-corrected chi connectivity index (χ3v) is 2.47. The monoisotopic (exact) mass is 262 g/mol. The molecule has 19 heavy (non-hydrogen) atoms. The normalized spacial score (nSPS) is 9.68. The van der Waals surface area contributed by atoms with Crippen molar-refractivity contribution in [2.75, 3.05) is 20.4 Å². The highest BCUT2D eigenvalue weighted by Crippen LogP contribution is 2.13. The van der Waals surface area contributed by atoms with Crippen molar-refractivity contribution in [3.63, 3.8) is 0 Å². The van der Waals surface area contributed by atoms with E-state index in [1.54, 1.807) is 7.11 Å². The van der Waals surface area contributed by atoms with Crippen LogP contribution in [0.15, 0.2) is 24.3 Å². The average Bonchev–Trinajstić information content (AvgIpc) is 2.43. The van der Waals surface area contributed by atoms with Gasteiger partial charge in [-0.3, -0.25) is 4.79 Å². The Morgan fingerprint density at radius 2 is 2.11 bits per heavy atom. The number of rotatable bonds is 8. The molecular formula is C14H18N2O3. The van der Waals surface area contributed by atoms with E-state index in [-0.39, 0.29) is 19.1 Å². The molecule has 0 aliphatic carbocycles. The molecule has 0 spiro atoms. The van der Waals surface area contributed by atoms with Crippen molar-refractivity contribution in [1.29, 1.82) is 5.26 Å². The molecule has 0 aliphatic rings. The zero-order chi connectivity index (χ0) is 13.9. The molecule has 5 heteroatoms. The molecule has 1 amide bonds. The maximum atomic E-state index is 11.0. The first-order valence-electron chi connectivity index (χ1n) is 6.10. The number of nitrogens with one attached hydrogen (secondary N) is 1. The van der Waals surface area contributed by atoms with Gasteiger partial charge in [-0.15, -0.1) is 0 Å². The van der Waals surface area contributed by atoms with Crippen LogP contribution < -0.4 is 10.1 Å². The lowest BCUT2D eigenvalue weighted by Crippen LogP contribution is -2.23. The van der Waals surface area contributed by atoms with Crippen molar-refractivity contribution in [3.8, 4) is 11.8 Å². The fraction of sp³-hybridized carbons (Fsp3) is 0.429. The molecule has 1 aromatic rings. The molecule has 0 saturated carbocycles. The van der Waals surface area contributed by atoms with Crippen LogP contribution in [0.3, 0.4) is 0 Å². The van der Waals surface area contributed by atoms with Gasteiger partial charge in [0.25, 0.3) is 0 Å². The van der Waals surface area contributed by atoms with Crippen LogP contribution in [-0.4, -0.2) is 26.4 Å². The van der Waals surface area contributed by atoms with Crippen molar-refractivity contribution in [3.05, 3.63) is 29.8 Å². The van der Waals surface area contributed by atoms with Gasteiger partial charge in [-0.1, -0.05) is 12.1 Å². The van der Waals surface area contributed by atoms with Gasteiger partial charge in [-0.2, -0.15) is 5.26 Å². The van der Waals surface area contributed by atoms with Gasteiger partial charge < -0.3 is 14.8 Å². The van der Waals surface area contributed by atoms with Crippen LogP contribution in [0.2, 0.25) is 0 Å². The van der Waals surface area contributed by atoms with E-state index >= 15 is 0 Å². The number of nitrogens with zero attached hydrogens (tertiary/aromatic N) is 1. The highest BCUT2D eigenvalue weighted by Gasteiger charge is 1.99.